The number of hydrogen-bond acceptors (Lipinski definition) is 2. The summed E-state index contributed by atoms with van der Waals surface area (Å²) in [6.45, 7) is 1.21. The maximum Gasteiger partial charge on any atom is 0.124 e. The summed E-state index contributed by atoms with van der Waals surface area (Å²) >= 11 is 3.34. The van der Waals surface area contributed by atoms with Crippen LogP contribution in [0.4, 0.5) is 4.39 Å². The van der Waals surface area contributed by atoms with Gasteiger partial charge in [0.15, 0.2) is 0 Å². The fraction of sp³-hybridized carbons (Fsp3) is 0.538. The van der Waals surface area contributed by atoms with E-state index in [1.807, 2.05) is 0 Å². The molecule has 0 heterocycles. The van der Waals surface area contributed by atoms with Gasteiger partial charge in [0.1, 0.15) is 5.82 Å². The van der Waals surface area contributed by atoms with Gasteiger partial charge in [-0.25, -0.2) is 4.39 Å². The largest absolute Gasteiger partial charge is 0.373 e. The van der Waals surface area contributed by atoms with Gasteiger partial charge in [-0.2, -0.15) is 0 Å². The van der Waals surface area contributed by atoms with E-state index in [-0.39, 0.29) is 11.9 Å². The second-order valence-corrected chi connectivity index (χ2v) is 5.37. The van der Waals surface area contributed by atoms with Crippen LogP contribution in [-0.4, -0.2) is 12.6 Å². The molecule has 1 fully saturated rings. The minimum absolute atomic E-state index is 0.235. The highest BCUT2D eigenvalue weighted by Gasteiger charge is 2.26. The Balaban J connectivity index is 1.93. The molecule has 2 unspecified atom stereocenters. The lowest BCUT2D eigenvalue weighted by Gasteiger charge is -2.19. The second-order valence-electron chi connectivity index (χ2n) is 4.51. The van der Waals surface area contributed by atoms with Gasteiger partial charge in [0.05, 0.1) is 12.7 Å². The molecule has 1 aliphatic rings. The SMILES string of the molecule is NCC1CCCC1OCc1ccc(F)cc1Br. The van der Waals surface area contributed by atoms with E-state index in [0.717, 1.165) is 22.9 Å². The molecule has 1 aromatic rings. The zero-order valence-electron chi connectivity index (χ0n) is 9.66. The third-order valence-corrected chi connectivity index (χ3v) is 4.10. The molecule has 0 saturated heterocycles. The Hall–Kier alpha value is -0.450. The summed E-state index contributed by atoms with van der Waals surface area (Å²) < 4.78 is 19.6. The third-order valence-electron chi connectivity index (χ3n) is 3.36. The molecule has 0 radical (unpaired) electrons. The van der Waals surface area contributed by atoms with Crippen LogP contribution in [0.2, 0.25) is 0 Å². The standard InChI is InChI=1S/C13H17BrFNO/c14-12-6-11(15)5-4-10(12)8-17-13-3-1-2-9(13)7-16/h4-6,9,13H,1-3,7-8,16H2. The first-order valence-corrected chi connectivity index (χ1v) is 6.75. The van der Waals surface area contributed by atoms with Crippen molar-refractivity contribution < 1.29 is 9.13 Å². The molecule has 0 aliphatic heterocycles. The summed E-state index contributed by atoms with van der Waals surface area (Å²) in [4.78, 5) is 0. The molecule has 94 valence electrons. The Morgan fingerprint density at radius 2 is 2.24 bits per heavy atom. The number of ether oxygens (including phenoxy) is 1. The van der Waals surface area contributed by atoms with Gasteiger partial charge in [-0.3, -0.25) is 0 Å². The van der Waals surface area contributed by atoms with Gasteiger partial charge in [-0.1, -0.05) is 28.4 Å². The zero-order chi connectivity index (χ0) is 12.3. The van der Waals surface area contributed by atoms with Crippen LogP contribution < -0.4 is 5.73 Å². The normalized spacial score (nSPS) is 24.2. The highest BCUT2D eigenvalue weighted by molar-refractivity contribution is 9.10. The average Bonchev–Trinajstić information content (AvgIpc) is 2.75. The summed E-state index contributed by atoms with van der Waals surface area (Å²) in [5.74, 6) is 0.246. The van der Waals surface area contributed by atoms with Gasteiger partial charge < -0.3 is 10.5 Å². The molecule has 1 aromatic carbocycles. The molecule has 17 heavy (non-hydrogen) atoms. The van der Waals surface area contributed by atoms with Crippen LogP contribution in [0.1, 0.15) is 24.8 Å². The molecule has 0 spiro atoms. The van der Waals surface area contributed by atoms with Crippen LogP contribution in [0, 0.1) is 11.7 Å². The lowest BCUT2D eigenvalue weighted by atomic mass is 10.1. The van der Waals surface area contributed by atoms with Crippen LogP contribution in [-0.2, 0) is 11.3 Å². The quantitative estimate of drug-likeness (QED) is 0.927. The molecule has 1 aliphatic carbocycles. The first-order chi connectivity index (χ1) is 8.20. The fourth-order valence-corrected chi connectivity index (χ4v) is 2.79. The van der Waals surface area contributed by atoms with E-state index in [4.69, 9.17) is 10.5 Å². The molecule has 0 aromatic heterocycles. The van der Waals surface area contributed by atoms with Crippen molar-refractivity contribution in [2.45, 2.75) is 32.0 Å². The summed E-state index contributed by atoms with van der Waals surface area (Å²) in [6.07, 6.45) is 3.70. The van der Waals surface area contributed by atoms with Gasteiger partial charge in [0, 0.05) is 4.47 Å². The van der Waals surface area contributed by atoms with Crippen LogP contribution in [0.3, 0.4) is 0 Å². The first-order valence-electron chi connectivity index (χ1n) is 5.96. The van der Waals surface area contributed by atoms with E-state index >= 15 is 0 Å². The van der Waals surface area contributed by atoms with E-state index < -0.39 is 0 Å². The molecule has 0 amide bonds. The maximum absolute atomic E-state index is 12.9. The van der Waals surface area contributed by atoms with E-state index in [0.29, 0.717) is 19.1 Å². The third kappa shape index (κ3) is 3.27. The van der Waals surface area contributed by atoms with Gasteiger partial charge in [0.25, 0.3) is 0 Å². The van der Waals surface area contributed by atoms with E-state index in [1.54, 1.807) is 6.07 Å². The number of halogens is 2. The molecular formula is C13H17BrFNO. The molecule has 4 heteroatoms. The van der Waals surface area contributed by atoms with Crippen LogP contribution in [0.5, 0.6) is 0 Å². The Bertz CT molecular complexity index is 386. The first kappa shape index (κ1) is 13.0. The predicted octanol–water partition coefficient (Wildman–Crippen LogP) is 3.23. The smallest absolute Gasteiger partial charge is 0.124 e. The fourth-order valence-electron chi connectivity index (χ4n) is 2.33. The minimum atomic E-state index is -0.235. The molecule has 2 N–H and O–H groups in total. The Morgan fingerprint density at radius 3 is 2.94 bits per heavy atom. The predicted molar refractivity (Wildman–Crippen MR) is 69.1 cm³/mol. The topological polar surface area (TPSA) is 35.2 Å². The van der Waals surface area contributed by atoms with E-state index in [1.165, 1.54) is 18.6 Å². The van der Waals surface area contributed by atoms with E-state index in [9.17, 15) is 4.39 Å². The van der Waals surface area contributed by atoms with Gasteiger partial charge in [-0.15, -0.1) is 0 Å². The number of rotatable bonds is 4. The van der Waals surface area contributed by atoms with Crippen molar-refractivity contribution in [1.82, 2.24) is 0 Å². The number of benzene rings is 1. The van der Waals surface area contributed by atoms with Crippen LogP contribution in [0.15, 0.2) is 22.7 Å². The Kier molecular flexibility index (Phi) is 4.54. The van der Waals surface area contributed by atoms with Crippen molar-refractivity contribution in [3.8, 4) is 0 Å². The van der Waals surface area contributed by atoms with Crippen molar-refractivity contribution in [2.75, 3.05) is 6.54 Å². The summed E-state index contributed by atoms with van der Waals surface area (Å²) in [7, 11) is 0. The summed E-state index contributed by atoms with van der Waals surface area (Å²) in [5, 5.41) is 0. The average molecular weight is 302 g/mol. The lowest BCUT2D eigenvalue weighted by molar-refractivity contribution is 0.0180. The van der Waals surface area contributed by atoms with Crippen LogP contribution >= 0.6 is 15.9 Å². The molecule has 2 atom stereocenters. The van der Waals surface area contributed by atoms with Gasteiger partial charge in [0.2, 0.25) is 0 Å². The van der Waals surface area contributed by atoms with Gasteiger partial charge >= 0.3 is 0 Å². The maximum atomic E-state index is 12.9. The second kappa shape index (κ2) is 5.94. The molecule has 0 bridgehead atoms. The van der Waals surface area contributed by atoms with Crippen LogP contribution in [0.25, 0.3) is 0 Å². The minimum Gasteiger partial charge on any atom is -0.373 e. The van der Waals surface area contributed by atoms with Crippen molar-refractivity contribution in [1.29, 1.82) is 0 Å². The molecular weight excluding hydrogens is 285 g/mol. The zero-order valence-corrected chi connectivity index (χ0v) is 11.2. The molecule has 2 rings (SSSR count). The number of nitrogens with two attached hydrogens (primary N) is 1. The molecule has 2 nitrogen and oxygen atoms in total. The highest BCUT2D eigenvalue weighted by atomic mass is 79.9. The Morgan fingerprint density at radius 1 is 1.41 bits per heavy atom. The summed E-state index contributed by atoms with van der Waals surface area (Å²) in [6, 6.07) is 4.68. The summed E-state index contributed by atoms with van der Waals surface area (Å²) in [5.41, 5.74) is 6.68. The van der Waals surface area contributed by atoms with E-state index in [2.05, 4.69) is 15.9 Å². The number of hydrogen-bond donors (Lipinski definition) is 1. The highest BCUT2D eigenvalue weighted by Crippen LogP contribution is 2.29. The van der Waals surface area contributed by atoms with Gasteiger partial charge in [-0.05, 0) is 43.0 Å². The van der Waals surface area contributed by atoms with Crippen molar-refractivity contribution >= 4 is 15.9 Å². The van der Waals surface area contributed by atoms with Crippen molar-refractivity contribution in [2.24, 2.45) is 11.7 Å². The monoisotopic (exact) mass is 301 g/mol. The van der Waals surface area contributed by atoms with Crippen molar-refractivity contribution in [3.05, 3.63) is 34.1 Å². The lowest BCUT2D eigenvalue weighted by Crippen LogP contribution is -2.25. The van der Waals surface area contributed by atoms with Crippen molar-refractivity contribution in [3.63, 3.8) is 0 Å². The Labute approximate surface area is 109 Å². The molecule has 1 saturated carbocycles.